The van der Waals surface area contributed by atoms with Gasteiger partial charge in [0.15, 0.2) is 0 Å². The smallest absolute Gasteiger partial charge is 0.0916 e. The quantitative estimate of drug-likeness (QED) is 0.470. The molecule has 0 aromatic carbocycles. The predicted octanol–water partition coefficient (Wildman–Crippen LogP) is 2.36. The minimum atomic E-state index is 0.394. The number of hydrogen-bond donors (Lipinski definition) is 0. The number of rotatable bonds is 0. The van der Waals surface area contributed by atoms with E-state index in [0.717, 1.165) is 12.5 Å². The molecule has 1 saturated heterocycles. The second kappa shape index (κ2) is 2.23. The fourth-order valence-electron chi connectivity index (χ4n) is 1.94. The molecule has 2 unspecified atom stereocenters. The summed E-state index contributed by atoms with van der Waals surface area (Å²) in [5, 5.41) is 0. The first kappa shape index (κ1) is 6.66. The third kappa shape index (κ3) is 1.20. The summed E-state index contributed by atoms with van der Waals surface area (Å²) >= 11 is 0. The SMILES string of the molecule is CC1CCCC2(CC1)CO2. The van der Waals surface area contributed by atoms with E-state index < -0.39 is 0 Å². The maximum absolute atomic E-state index is 5.47. The number of epoxide rings is 1. The van der Waals surface area contributed by atoms with E-state index in [4.69, 9.17) is 4.74 Å². The van der Waals surface area contributed by atoms with Crippen LogP contribution in [0, 0.1) is 5.92 Å². The zero-order valence-electron chi connectivity index (χ0n) is 6.73. The zero-order chi connectivity index (χ0) is 7.03. The summed E-state index contributed by atoms with van der Waals surface area (Å²) in [7, 11) is 0. The second-order valence-corrected chi connectivity index (χ2v) is 4.01. The lowest BCUT2D eigenvalue weighted by Crippen LogP contribution is -2.08. The van der Waals surface area contributed by atoms with Gasteiger partial charge in [-0.3, -0.25) is 0 Å². The maximum atomic E-state index is 5.47. The highest BCUT2D eigenvalue weighted by Gasteiger charge is 2.44. The third-order valence-corrected chi connectivity index (χ3v) is 2.97. The second-order valence-electron chi connectivity index (χ2n) is 4.01. The van der Waals surface area contributed by atoms with Gasteiger partial charge in [0.25, 0.3) is 0 Å². The van der Waals surface area contributed by atoms with Gasteiger partial charge in [-0.2, -0.15) is 0 Å². The maximum Gasteiger partial charge on any atom is 0.0916 e. The van der Waals surface area contributed by atoms with Crippen LogP contribution in [0.2, 0.25) is 0 Å². The van der Waals surface area contributed by atoms with Gasteiger partial charge in [0, 0.05) is 0 Å². The Balaban J connectivity index is 1.92. The van der Waals surface area contributed by atoms with Crippen molar-refractivity contribution < 1.29 is 4.74 Å². The van der Waals surface area contributed by atoms with Gasteiger partial charge >= 0.3 is 0 Å². The first-order valence-corrected chi connectivity index (χ1v) is 4.45. The van der Waals surface area contributed by atoms with E-state index in [0.29, 0.717) is 5.60 Å². The molecule has 2 atom stereocenters. The average molecular weight is 140 g/mol. The fraction of sp³-hybridized carbons (Fsp3) is 1.00. The molecule has 0 aromatic heterocycles. The predicted molar refractivity (Wildman–Crippen MR) is 40.9 cm³/mol. The molecule has 0 aromatic rings. The Morgan fingerprint density at radius 1 is 1.30 bits per heavy atom. The third-order valence-electron chi connectivity index (χ3n) is 2.97. The molecule has 2 rings (SSSR count). The Morgan fingerprint density at radius 2 is 2.10 bits per heavy atom. The number of ether oxygens (including phenoxy) is 1. The minimum Gasteiger partial charge on any atom is -0.370 e. The molecule has 1 spiro atoms. The Bertz CT molecular complexity index is 127. The van der Waals surface area contributed by atoms with Crippen LogP contribution in [-0.4, -0.2) is 12.2 Å². The van der Waals surface area contributed by atoms with Gasteiger partial charge in [0.05, 0.1) is 12.2 Å². The molecule has 1 aliphatic carbocycles. The van der Waals surface area contributed by atoms with Gasteiger partial charge in [0.2, 0.25) is 0 Å². The van der Waals surface area contributed by atoms with Gasteiger partial charge in [-0.05, 0) is 25.2 Å². The van der Waals surface area contributed by atoms with Crippen LogP contribution in [0.1, 0.15) is 39.0 Å². The molecule has 1 heterocycles. The highest BCUT2D eigenvalue weighted by molar-refractivity contribution is 4.93. The van der Waals surface area contributed by atoms with E-state index >= 15 is 0 Å². The van der Waals surface area contributed by atoms with Gasteiger partial charge in [-0.25, -0.2) is 0 Å². The lowest BCUT2D eigenvalue weighted by Gasteiger charge is -2.05. The van der Waals surface area contributed by atoms with Crippen molar-refractivity contribution in [3.05, 3.63) is 0 Å². The molecule has 0 N–H and O–H groups in total. The molecule has 1 aliphatic heterocycles. The van der Waals surface area contributed by atoms with E-state index in [2.05, 4.69) is 6.92 Å². The molecule has 1 heteroatoms. The monoisotopic (exact) mass is 140 g/mol. The van der Waals surface area contributed by atoms with Crippen molar-refractivity contribution in [1.29, 1.82) is 0 Å². The van der Waals surface area contributed by atoms with Gasteiger partial charge in [-0.1, -0.05) is 19.8 Å². The van der Waals surface area contributed by atoms with Crippen molar-refractivity contribution in [3.8, 4) is 0 Å². The van der Waals surface area contributed by atoms with Crippen molar-refractivity contribution in [3.63, 3.8) is 0 Å². The van der Waals surface area contributed by atoms with Gasteiger partial charge in [-0.15, -0.1) is 0 Å². The summed E-state index contributed by atoms with van der Waals surface area (Å²) in [4.78, 5) is 0. The van der Waals surface area contributed by atoms with Crippen molar-refractivity contribution in [2.45, 2.75) is 44.6 Å². The van der Waals surface area contributed by atoms with Crippen LogP contribution < -0.4 is 0 Å². The van der Waals surface area contributed by atoms with E-state index in [1.54, 1.807) is 0 Å². The molecule has 58 valence electrons. The highest BCUT2D eigenvalue weighted by atomic mass is 16.6. The molecule has 2 fully saturated rings. The molecular weight excluding hydrogens is 124 g/mol. The van der Waals surface area contributed by atoms with Crippen LogP contribution in [0.4, 0.5) is 0 Å². The van der Waals surface area contributed by atoms with Gasteiger partial charge < -0.3 is 4.74 Å². The van der Waals surface area contributed by atoms with Crippen molar-refractivity contribution in [2.24, 2.45) is 5.92 Å². The van der Waals surface area contributed by atoms with Crippen LogP contribution >= 0.6 is 0 Å². The Hall–Kier alpha value is -0.0400. The Morgan fingerprint density at radius 3 is 2.80 bits per heavy atom. The molecule has 0 amide bonds. The Labute approximate surface area is 62.8 Å². The minimum absolute atomic E-state index is 0.394. The van der Waals surface area contributed by atoms with Crippen molar-refractivity contribution in [2.75, 3.05) is 6.61 Å². The summed E-state index contributed by atoms with van der Waals surface area (Å²) in [6, 6.07) is 0. The van der Waals surface area contributed by atoms with Crippen LogP contribution in [0.3, 0.4) is 0 Å². The summed E-state index contributed by atoms with van der Waals surface area (Å²) in [5.74, 6) is 0.948. The number of hydrogen-bond acceptors (Lipinski definition) is 1. The molecule has 10 heavy (non-hydrogen) atoms. The van der Waals surface area contributed by atoms with E-state index in [1.165, 1.54) is 32.1 Å². The van der Waals surface area contributed by atoms with Crippen LogP contribution in [-0.2, 0) is 4.74 Å². The van der Waals surface area contributed by atoms with E-state index in [9.17, 15) is 0 Å². The summed E-state index contributed by atoms with van der Waals surface area (Å²) in [6.45, 7) is 3.42. The molecule has 1 nitrogen and oxygen atoms in total. The zero-order valence-corrected chi connectivity index (χ0v) is 6.73. The van der Waals surface area contributed by atoms with Crippen LogP contribution in [0.5, 0.6) is 0 Å². The molecular formula is C9H16O. The lowest BCUT2D eigenvalue weighted by molar-refractivity contribution is 0.275. The van der Waals surface area contributed by atoms with E-state index in [-0.39, 0.29) is 0 Å². The summed E-state index contributed by atoms with van der Waals surface area (Å²) < 4.78 is 5.47. The lowest BCUT2D eigenvalue weighted by atomic mass is 10.0. The van der Waals surface area contributed by atoms with Crippen molar-refractivity contribution >= 4 is 0 Å². The summed E-state index contributed by atoms with van der Waals surface area (Å²) in [5.41, 5.74) is 0.394. The topological polar surface area (TPSA) is 12.5 Å². The first-order valence-electron chi connectivity index (χ1n) is 4.45. The van der Waals surface area contributed by atoms with Gasteiger partial charge in [0.1, 0.15) is 0 Å². The molecule has 1 saturated carbocycles. The van der Waals surface area contributed by atoms with E-state index in [1.807, 2.05) is 0 Å². The first-order chi connectivity index (χ1) is 4.81. The summed E-state index contributed by atoms with van der Waals surface area (Å²) in [6.07, 6.45) is 6.86. The average Bonchev–Trinajstić information content (AvgIpc) is 2.67. The molecule has 0 bridgehead atoms. The fourth-order valence-corrected chi connectivity index (χ4v) is 1.94. The largest absolute Gasteiger partial charge is 0.370 e. The normalized spacial score (nSPS) is 47.1. The molecule has 2 aliphatic rings. The van der Waals surface area contributed by atoms with Crippen molar-refractivity contribution in [1.82, 2.24) is 0 Å². The molecule has 0 radical (unpaired) electrons. The van der Waals surface area contributed by atoms with Crippen LogP contribution in [0.15, 0.2) is 0 Å². The standard InChI is InChI=1S/C9H16O/c1-8-3-2-5-9(6-4-8)7-10-9/h8H,2-7H2,1H3. The Kier molecular flexibility index (Phi) is 1.48. The van der Waals surface area contributed by atoms with Crippen LogP contribution in [0.25, 0.3) is 0 Å². The highest BCUT2D eigenvalue weighted by Crippen LogP contribution is 2.41.